The molecule has 6 heteroatoms. The Balaban J connectivity index is 2.11. The first-order valence-corrected chi connectivity index (χ1v) is 6.27. The van der Waals surface area contributed by atoms with E-state index in [4.69, 9.17) is 20.3 Å². The summed E-state index contributed by atoms with van der Waals surface area (Å²) in [5, 5.41) is 8.91. The zero-order valence-corrected chi connectivity index (χ0v) is 11.8. The third-order valence-electron chi connectivity index (χ3n) is 2.86. The number of nitrogens with two attached hydrogens (primary N) is 1. The fourth-order valence-electron chi connectivity index (χ4n) is 1.88. The molecule has 0 spiro atoms. The van der Waals surface area contributed by atoms with Gasteiger partial charge in [-0.15, -0.1) is 0 Å². The van der Waals surface area contributed by atoms with Crippen LogP contribution in [0, 0.1) is 6.92 Å². The minimum atomic E-state index is -1.07. The van der Waals surface area contributed by atoms with Gasteiger partial charge in [-0.1, -0.05) is 0 Å². The number of hydrogen-bond donors (Lipinski definition) is 2. The number of carbonyl (C=O) groups is 1. The smallest absolute Gasteiger partial charge is 0.337 e. The van der Waals surface area contributed by atoms with E-state index in [0.717, 1.165) is 5.69 Å². The summed E-state index contributed by atoms with van der Waals surface area (Å²) in [6, 6.07) is 8.06. The van der Waals surface area contributed by atoms with Gasteiger partial charge < -0.3 is 20.3 Å². The Bertz CT molecular complexity index is 671. The van der Waals surface area contributed by atoms with Crippen molar-refractivity contribution in [3.05, 3.63) is 47.3 Å². The van der Waals surface area contributed by atoms with E-state index in [1.54, 1.807) is 19.2 Å². The Labute approximate surface area is 122 Å². The molecule has 0 radical (unpaired) electrons. The van der Waals surface area contributed by atoms with E-state index in [1.165, 1.54) is 12.1 Å². The van der Waals surface area contributed by atoms with E-state index in [-0.39, 0.29) is 17.9 Å². The van der Waals surface area contributed by atoms with Crippen LogP contribution in [0.25, 0.3) is 0 Å². The van der Waals surface area contributed by atoms with Crippen LogP contribution in [0.4, 0.5) is 5.69 Å². The minimum absolute atomic E-state index is 0.0534. The molecule has 21 heavy (non-hydrogen) atoms. The van der Waals surface area contributed by atoms with E-state index < -0.39 is 5.97 Å². The molecule has 110 valence electrons. The second kappa shape index (κ2) is 6.13. The van der Waals surface area contributed by atoms with Gasteiger partial charge in [0.1, 0.15) is 18.1 Å². The highest BCUT2D eigenvalue weighted by Gasteiger charge is 2.09. The van der Waals surface area contributed by atoms with Crippen LogP contribution in [-0.4, -0.2) is 23.2 Å². The molecule has 0 bridgehead atoms. The number of rotatable bonds is 5. The summed E-state index contributed by atoms with van der Waals surface area (Å²) in [6.45, 7) is 2.11. The zero-order chi connectivity index (χ0) is 15.4. The van der Waals surface area contributed by atoms with Gasteiger partial charge in [0.2, 0.25) is 0 Å². The lowest BCUT2D eigenvalue weighted by Crippen LogP contribution is -2.04. The first-order chi connectivity index (χ1) is 9.99. The molecule has 1 aromatic heterocycles. The number of aromatic carboxylic acids is 1. The van der Waals surface area contributed by atoms with Crippen LogP contribution < -0.4 is 15.2 Å². The van der Waals surface area contributed by atoms with Crippen molar-refractivity contribution in [2.45, 2.75) is 13.5 Å². The Morgan fingerprint density at radius 2 is 2.05 bits per heavy atom. The molecule has 0 atom stereocenters. The van der Waals surface area contributed by atoms with Gasteiger partial charge in [-0.25, -0.2) is 4.79 Å². The van der Waals surface area contributed by atoms with Gasteiger partial charge in [0, 0.05) is 29.6 Å². The molecule has 0 amide bonds. The largest absolute Gasteiger partial charge is 0.497 e. The minimum Gasteiger partial charge on any atom is -0.497 e. The predicted octanol–water partition coefficient (Wildman–Crippen LogP) is 2.26. The van der Waals surface area contributed by atoms with Crippen molar-refractivity contribution in [2.24, 2.45) is 0 Å². The first-order valence-electron chi connectivity index (χ1n) is 6.27. The van der Waals surface area contributed by atoms with Crippen LogP contribution in [0.5, 0.6) is 11.5 Å². The zero-order valence-electron chi connectivity index (χ0n) is 11.8. The maximum Gasteiger partial charge on any atom is 0.337 e. The SMILES string of the molecule is COc1cc(C)nc(COc2ccc(C(=O)O)c(N)c2)c1. The summed E-state index contributed by atoms with van der Waals surface area (Å²) in [4.78, 5) is 15.2. The Kier molecular flexibility index (Phi) is 4.27. The average Bonchev–Trinajstić information content (AvgIpc) is 2.44. The van der Waals surface area contributed by atoms with Crippen molar-refractivity contribution in [1.29, 1.82) is 0 Å². The molecule has 2 rings (SSSR count). The van der Waals surface area contributed by atoms with Crippen LogP contribution in [0.2, 0.25) is 0 Å². The quantitative estimate of drug-likeness (QED) is 0.819. The van der Waals surface area contributed by atoms with Crippen molar-refractivity contribution in [1.82, 2.24) is 4.98 Å². The van der Waals surface area contributed by atoms with Crippen LogP contribution >= 0.6 is 0 Å². The predicted molar refractivity (Wildman–Crippen MR) is 77.7 cm³/mol. The summed E-state index contributed by atoms with van der Waals surface area (Å²) < 4.78 is 10.7. The topological polar surface area (TPSA) is 94.7 Å². The number of aromatic nitrogens is 1. The summed E-state index contributed by atoms with van der Waals surface area (Å²) in [7, 11) is 1.59. The second-order valence-electron chi connectivity index (χ2n) is 4.48. The third kappa shape index (κ3) is 3.62. The molecule has 1 heterocycles. The number of hydrogen-bond acceptors (Lipinski definition) is 5. The molecule has 1 aromatic carbocycles. The normalized spacial score (nSPS) is 10.2. The lowest BCUT2D eigenvalue weighted by molar-refractivity contribution is 0.0698. The highest BCUT2D eigenvalue weighted by molar-refractivity contribution is 5.93. The van der Waals surface area contributed by atoms with Gasteiger partial charge in [0.15, 0.2) is 0 Å². The van der Waals surface area contributed by atoms with Gasteiger partial charge >= 0.3 is 5.97 Å². The Hall–Kier alpha value is -2.76. The maximum atomic E-state index is 10.9. The van der Waals surface area contributed by atoms with E-state index in [9.17, 15) is 4.79 Å². The average molecular weight is 288 g/mol. The highest BCUT2D eigenvalue weighted by atomic mass is 16.5. The lowest BCUT2D eigenvalue weighted by atomic mass is 10.2. The van der Waals surface area contributed by atoms with E-state index >= 15 is 0 Å². The first kappa shape index (κ1) is 14.6. The highest BCUT2D eigenvalue weighted by Crippen LogP contribution is 2.21. The number of pyridine rings is 1. The lowest BCUT2D eigenvalue weighted by Gasteiger charge is -2.09. The Morgan fingerprint density at radius 3 is 2.67 bits per heavy atom. The van der Waals surface area contributed by atoms with E-state index in [0.29, 0.717) is 17.2 Å². The molecule has 3 N–H and O–H groups in total. The number of benzene rings is 1. The van der Waals surface area contributed by atoms with Crippen molar-refractivity contribution >= 4 is 11.7 Å². The van der Waals surface area contributed by atoms with Crippen LogP contribution in [0.15, 0.2) is 30.3 Å². The standard InChI is InChI=1S/C15H16N2O4/c1-9-5-12(20-2)6-10(17-9)8-21-11-3-4-13(15(18)19)14(16)7-11/h3-7H,8,16H2,1-2H3,(H,18,19). The van der Waals surface area contributed by atoms with Gasteiger partial charge in [-0.3, -0.25) is 4.98 Å². The molecule has 0 aliphatic heterocycles. The number of ether oxygens (including phenoxy) is 2. The number of methoxy groups -OCH3 is 1. The third-order valence-corrected chi connectivity index (χ3v) is 2.86. The number of aryl methyl sites for hydroxylation is 1. The fourth-order valence-corrected chi connectivity index (χ4v) is 1.88. The Morgan fingerprint density at radius 1 is 1.29 bits per heavy atom. The molecule has 6 nitrogen and oxygen atoms in total. The van der Waals surface area contributed by atoms with E-state index in [1.807, 2.05) is 13.0 Å². The molecule has 0 saturated carbocycles. The molecule has 0 unspecified atom stereocenters. The summed E-state index contributed by atoms with van der Waals surface area (Å²) >= 11 is 0. The van der Waals surface area contributed by atoms with Gasteiger partial charge in [-0.05, 0) is 19.1 Å². The van der Waals surface area contributed by atoms with Crippen molar-refractivity contribution in [3.63, 3.8) is 0 Å². The van der Waals surface area contributed by atoms with Gasteiger partial charge in [0.25, 0.3) is 0 Å². The molecule has 0 saturated heterocycles. The molecular formula is C15H16N2O4. The van der Waals surface area contributed by atoms with Crippen molar-refractivity contribution < 1.29 is 19.4 Å². The monoisotopic (exact) mass is 288 g/mol. The number of nitrogens with zero attached hydrogens (tertiary/aromatic N) is 1. The van der Waals surface area contributed by atoms with Crippen LogP contribution in [0.3, 0.4) is 0 Å². The molecule has 0 fully saturated rings. The molecule has 0 aliphatic carbocycles. The molecular weight excluding hydrogens is 272 g/mol. The maximum absolute atomic E-state index is 10.9. The number of nitrogen functional groups attached to an aromatic ring is 1. The van der Waals surface area contributed by atoms with Crippen molar-refractivity contribution in [3.8, 4) is 11.5 Å². The summed E-state index contributed by atoms with van der Waals surface area (Å²) in [6.07, 6.45) is 0. The number of anilines is 1. The summed E-state index contributed by atoms with van der Waals surface area (Å²) in [5.74, 6) is 0.130. The van der Waals surface area contributed by atoms with E-state index in [2.05, 4.69) is 4.98 Å². The van der Waals surface area contributed by atoms with Crippen molar-refractivity contribution in [2.75, 3.05) is 12.8 Å². The van der Waals surface area contributed by atoms with Gasteiger partial charge in [0.05, 0.1) is 18.4 Å². The molecule has 0 aliphatic rings. The fraction of sp³-hybridized carbons (Fsp3) is 0.200. The number of carboxylic acids is 1. The second-order valence-corrected chi connectivity index (χ2v) is 4.48. The molecule has 2 aromatic rings. The van der Waals surface area contributed by atoms with Crippen LogP contribution in [-0.2, 0) is 6.61 Å². The summed E-state index contributed by atoms with van der Waals surface area (Å²) in [5.41, 5.74) is 7.42. The number of carboxylic acid groups (broad SMARTS) is 1. The van der Waals surface area contributed by atoms with Gasteiger partial charge in [-0.2, -0.15) is 0 Å². The van der Waals surface area contributed by atoms with Crippen LogP contribution in [0.1, 0.15) is 21.7 Å².